The average Bonchev–Trinajstić information content (AvgIpc) is 1.62. The molecule has 18 rings (SSSR count). The molecule has 5 nitrogen and oxygen atoms in total. The van der Waals surface area contributed by atoms with Gasteiger partial charge in [-0.25, -0.2) is 0 Å². The number of aromatic nitrogens is 2. The van der Waals surface area contributed by atoms with Crippen molar-refractivity contribution in [3.63, 3.8) is 0 Å². The fourth-order valence-corrected chi connectivity index (χ4v) is 14.6. The number of anilines is 6. The smallest absolute Gasteiger partial charge is 0.252 e. The van der Waals surface area contributed by atoms with Gasteiger partial charge in [0.05, 0.1) is 56.6 Å². The summed E-state index contributed by atoms with van der Waals surface area (Å²) in [7, 11) is 0. The number of furan rings is 1. The van der Waals surface area contributed by atoms with Crippen molar-refractivity contribution in [2.75, 3.05) is 9.80 Å². The molecule has 2 aliphatic heterocycles. The van der Waals surface area contributed by atoms with Crippen LogP contribution >= 0.6 is 0 Å². The van der Waals surface area contributed by atoms with Gasteiger partial charge >= 0.3 is 0 Å². The predicted molar refractivity (Wildman–Crippen MR) is 390 cm³/mol. The van der Waals surface area contributed by atoms with Crippen LogP contribution in [0.2, 0.25) is 0 Å². The van der Waals surface area contributed by atoms with E-state index in [1.807, 2.05) is 91.0 Å². The van der Waals surface area contributed by atoms with E-state index in [-0.39, 0.29) is 44.9 Å². The van der Waals surface area contributed by atoms with Crippen LogP contribution in [-0.4, -0.2) is 15.8 Å². The van der Waals surface area contributed by atoms with Gasteiger partial charge in [0.15, 0.2) is 0 Å². The Hall–Kier alpha value is -11.1. The summed E-state index contributed by atoms with van der Waals surface area (Å²) in [6, 6.07) is 64.6. The SMILES string of the molecule is [2H]c1c([2H])c([2H])c(-c2ccc3c(c2)N(c2c(-c4ccccc4)ccc4c2c2ccccc2n4-c2ccc(C(C)(C)C)cc2)c2cc(C(C)(C)C)cc4c2B3c2ccc(-n3c5c([2H])c([2H])c([2H])c([2H])c5c5c([2H])c([2H])c([2H])c([2H])c53)cc2N4c2cc(-c3ccccc3)cc3oc4ccccc4c23)c([2H])c1[2H]. The number of para-hydroxylation sites is 4. The van der Waals surface area contributed by atoms with Crippen LogP contribution < -0.4 is 26.2 Å². The fourth-order valence-electron chi connectivity index (χ4n) is 14.6. The third-order valence-electron chi connectivity index (χ3n) is 18.9. The van der Waals surface area contributed by atoms with E-state index in [1.165, 1.54) is 5.56 Å². The maximum atomic E-state index is 9.73. The molecule has 2 aliphatic rings. The van der Waals surface area contributed by atoms with Crippen molar-refractivity contribution in [1.29, 1.82) is 0 Å². The first kappa shape index (κ1) is 42.0. The van der Waals surface area contributed by atoms with Crippen LogP contribution in [0, 0.1) is 0 Å². The highest BCUT2D eigenvalue weighted by Gasteiger charge is 2.46. The molecule has 0 spiro atoms. The van der Waals surface area contributed by atoms with Gasteiger partial charge in [-0.05, 0) is 151 Å². The zero-order valence-electron chi connectivity index (χ0n) is 64.4. The Kier molecular flexibility index (Phi) is 9.23. The van der Waals surface area contributed by atoms with Crippen molar-refractivity contribution in [3.05, 3.63) is 296 Å². The molecule has 3 aromatic heterocycles. The van der Waals surface area contributed by atoms with Gasteiger partial charge in [-0.15, -0.1) is 0 Å². The van der Waals surface area contributed by atoms with E-state index in [0.29, 0.717) is 33.8 Å². The van der Waals surface area contributed by atoms with Crippen molar-refractivity contribution in [2.45, 2.75) is 52.4 Å². The number of hydrogen-bond acceptors (Lipinski definition) is 3. The zero-order chi connectivity index (χ0) is 73.0. The molecule has 0 amide bonds. The van der Waals surface area contributed by atoms with Crippen molar-refractivity contribution in [3.8, 4) is 44.8 Å². The summed E-state index contributed by atoms with van der Waals surface area (Å²) < 4.78 is 132. The van der Waals surface area contributed by atoms with Gasteiger partial charge in [-0.1, -0.05) is 241 Å². The molecule has 5 heterocycles. The summed E-state index contributed by atoms with van der Waals surface area (Å²) in [6.07, 6.45) is 0. The molecule has 0 radical (unpaired) electrons. The highest BCUT2D eigenvalue weighted by Crippen LogP contribution is 2.54. The van der Waals surface area contributed by atoms with E-state index < -0.39 is 78.6 Å². The van der Waals surface area contributed by atoms with Gasteiger partial charge in [-0.3, -0.25) is 0 Å². The molecule has 0 aliphatic carbocycles. The van der Waals surface area contributed by atoms with Gasteiger partial charge in [0, 0.05) is 66.6 Å². The van der Waals surface area contributed by atoms with Gasteiger partial charge < -0.3 is 23.4 Å². The Morgan fingerprint density at radius 1 is 0.348 bits per heavy atom. The lowest BCUT2D eigenvalue weighted by molar-refractivity contribution is 0.590. The molecule has 13 aromatic carbocycles. The summed E-state index contributed by atoms with van der Waals surface area (Å²) in [5, 5.41) is 3.44. The van der Waals surface area contributed by atoms with Crippen LogP contribution in [0.25, 0.3) is 110 Å². The van der Waals surface area contributed by atoms with E-state index in [0.717, 1.165) is 105 Å². The Labute approximate surface area is 554 Å². The lowest BCUT2D eigenvalue weighted by Gasteiger charge is -2.46. The minimum Gasteiger partial charge on any atom is -0.456 e. The van der Waals surface area contributed by atoms with Crippen LogP contribution in [0.1, 0.15) is 70.5 Å². The molecule has 0 bridgehead atoms. The van der Waals surface area contributed by atoms with Gasteiger partial charge in [0.1, 0.15) is 11.2 Å². The fraction of sp³-hybridized carbons (Fsp3) is 0.0930. The molecule has 6 heteroatoms. The first-order chi connectivity index (χ1) is 50.3. The van der Waals surface area contributed by atoms with Gasteiger partial charge in [0.2, 0.25) is 0 Å². The van der Waals surface area contributed by atoms with Crippen LogP contribution in [0.3, 0.4) is 0 Å². The molecular formula is C86H65BN4O. The lowest BCUT2D eigenvalue weighted by Crippen LogP contribution is -2.61. The van der Waals surface area contributed by atoms with Crippen molar-refractivity contribution in [1.82, 2.24) is 9.13 Å². The molecule has 0 fully saturated rings. The van der Waals surface area contributed by atoms with Gasteiger partial charge in [0.25, 0.3) is 6.71 Å². The largest absolute Gasteiger partial charge is 0.456 e. The second kappa shape index (κ2) is 20.2. The van der Waals surface area contributed by atoms with Crippen molar-refractivity contribution < 1.29 is 22.2 Å². The summed E-state index contributed by atoms with van der Waals surface area (Å²) in [5.74, 6) is 0. The number of benzene rings is 13. The molecule has 0 unspecified atom stereocenters. The summed E-state index contributed by atoms with van der Waals surface area (Å²) in [6.45, 7) is 12.5. The zero-order valence-corrected chi connectivity index (χ0v) is 51.4. The summed E-state index contributed by atoms with van der Waals surface area (Å²) in [5.41, 5.74) is 16.7. The van der Waals surface area contributed by atoms with Crippen LogP contribution in [0.5, 0.6) is 0 Å². The Bertz CT molecular complexity index is 6390. The number of nitrogens with zero attached hydrogens (tertiary/aromatic N) is 4. The number of hydrogen-bond donors (Lipinski definition) is 0. The third-order valence-corrected chi connectivity index (χ3v) is 18.9. The minimum atomic E-state index is -0.673. The van der Waals surface area contributed by atoms with E-state index in [1.54, 1.807) is 4.57 Å². The minimum absolute atomic E-state index is 0.0252. The Morgan fingerprint density at radius 2 is 0.924 bits per heavy atom. The standard InChI is InChI=1S/C86H65BN4O/c1-85(2,3)59-39-41-61(42-40-59)88-72-36-22-18-32-66(72)82-73(88)47-44-63(56-28-14-9-15-29-56)84(82)91-74-48-57(54-24-10-7-11-25-54)38-45-68(74)87-69-46-43-62(89-70-34-20-16-30-64(70)65-31-17-21-35-71(65)89)53-75(69)90(77-51-60(86(4,5)6)52-78(91)83(77)87)76-49-58(55-26-12-8-13-27-55)50-80-81(76)67-33-19-23-37-79(67)92-80/h7-53H,1-6H3/i7D,10D,11D,16D,17D,20D,21D,24D,25D,30D,31D,34D,35D. The Balaban J connectivity index is 1.04. The van der Waals surface area contributed by atoms with E-state index >= 15 is 0 Å². The summed E-state index contributed by atoms with van der Waals surface area (Å²) >= 11 is 0. The Morgan fingerprint density at radius 3 is 1.63 bits per heavy atom. The van der Waals surface area contributed by atoms with Crippen LogP contribution in [0.4, 0.5) is 34.1 Å². The van der Waals surface area contributed by atoms with E-state index in [2.05, 4.69) is 171 Å². The first-order valence-corrected chi connectivity index (χ1v) is 31.2. The van der Waals surface area contributed by atoms with Crippen LogP contribution in [-0.2, 0) is 10.8 Å². The highest BCUT2D eigenvalue weighted by molar-refractivity contribution is 7.00. The average molecular weight is 1190 g/mol. The molecule has 438 valence electrons. The highest BCUT2D eigenvalue weighted by atomic mass is 16.3. The summed E-state index contributed by atoms with van der Waals surface area (Å²) in [4.78, 5) is 4.65. The van der Waals surface area contributed by atoms with E-state index in [4.69, 9.17) is 11.3 Å². The molecule has 0 N–H and O–H groups in total. The van der Waals surface area contributed by atoms with Crippen molar-refractivity contribution in [2.24, 2.45) is 0 Å². The number of rotatable bonds is 7. The molecule has 0 saturated carbocycles. The van der Waals surface area contributed by atoms with Gasteiger partial charge in [-0.2, -0.15) is 0 Å². The second-order valence-corrected chi connectivity index (χ2v) is 26.3. The number of fused-ring (bicyclic) bond motifs is 13. The quantitative estimate of drug-likeness (QED) is 0.149. The molecule has 16 aromatic rings. The lowest BCUT2D eigenvalue weighted by atomic mass is 9.33. The maximum Gasteiger partial charge on any atom is 0.252 e. The third kappa shape index (κ3) is 8.19. The van der Waals surface area contributed by atoms with E-state index in [9.17, 15) is 11.0 Å². The molecule has 0 atom stereocenters. The van der Waals surface area contributed by atoms with Crippen LogP contribution in [0.15, 0.2) is 289 Å². The first-order valence-electron chi connectivity index (χ1n) is 37.7. The second-order valence-electron chi connectivity index (χ2n) is 26.3. The van der Waals surface area contributed by atoms with Crippen molar-refractivity contribution >= 4 is 123 Å². The molecule has 0 saturated heterocycles. The predicted octanol–water partition coefficient (Wildman–Crippen LogP) is 21.5. The normalized spacial score (nSPS) is 15.0. The maximum absolute atomic E-state index is 9.73. The molecular weight excluding hydrogens is 1120 g/mol. The molecule has 92 heavy (non-hydrogen) atoms. The monoisotopic (exact) mass is 1190 g/mol. The topological polar surface area (TPSA) is 29.5 Å².